The Morgan fingerprint density at radius 1 is 1.35 bits per heavy atom. The van der Waals surface area contributed by atoms with Gasteiger partial charge < -0.3 is 4.74 Å². The molecule has 0 radical (unpaired) electrons. The van der Waals surface area contributed by atoms with Crippen LogP contribution in [0.5, 0.6) is 0 Å². The Hall–Kier alpha value is -1.28. The summed E-state index contributed by atoms with van der Waals surface area (Å²) in [6, 6.07) is 10.0. The second-order valence-electron chi connectivity index (χ2n) is 3.74. The van der Waals surface area contributed by atoms with E-state index in [0.717, 1.165) is 0 Å². The summed E-state index contributed by atoms with van der Waals surface area (Å²) in [6.45, 7) is 4.17. The van der Waals surface area contributed by atoms with Gasteiger partial charge in [-0.2, -0.15) is 0 Å². The number of ether oxygens (including phenoxy) is 1. The van der Waals surface area contributed by atoms with E-state index < -0.39 is 11.3 Å². The lowest BCUT2D eigenvalue weighted by atomic mass is 10.0. The SMILES string of the molecule is CCOC(=O)C(Cl)/C=C/C(C)c1ccccc1. The molecule has 0 saturated carbocycles. The lowest BCUT2D eigenvalue weighted by molar-refractivity contribution is -0.141. The summed E-state index contributed by atoms with van der Waals surface area (Å²) < 4.78 is 4.82. The first-order chi connectivity index (χ1) is 8.15. The molecule has 2 atom stereocenters. The van der Waals surface area contributed by atoms with Crippen LogP contribution < -0.4 is 0 Å². The van der Waals surface area contributed by atoms with Crippen LogP contribution in [0.4, 0.5) is 0 Å². The van der Waals surface area contributed by atoms with Gasteiger partial charge in [-0.05, 0) is 18.4 Å². The highest BCUT2D eigenvalue weighted by molar-refractivity contribution is 6.31. The molecule has 2 nitrogen and oxygen atoms in total. The molecule has 0 N–H and O–H groups in total. The van der Waals surface area contributed by atoms with Gasteiger partial charge in [-0.3, -0.25) is 4.79 Å². The fourth-order valence-corrected chi connectivity index (χ4v) is 1.58. The van der Waals surface area contributed by atoms with E-state index in [1.165, 1.54) is 5.56 Å². The second-order valence-corrected chi connectivity index (χ2v) is 4.21. The number of benzene rings is 1. The number of esters is 1. The third kappa shape index (κ3) is 4.61. The van der Waals surface area contributed by atoms with Gasteiger partial charge in [-0.15, -0.1) is 11.6 Å². The Labute approximate surface area is 107 Å². The maximum atomic E-state index is 11.3. The van der Waals surface area contributed by atoms with Crippen molar-refractivity contribution in [2.24, 2.45) is 0 Å². The highest BCUT2D eigenvalue weighted by atomic mass is 35.5. The lowest BCUT2D eigenvalue weighted by Gasteiger charge is -2.07. The summed E-state index contributed by atoms with van der Waals surface area (Å²) in [7, 11) is 0. The standard InChI is InChI=1S/C14H17ClO2/c1-3-17-14(16)13(15)10-9-11(2)12-7-5-4-6-8-12/h4-11,13H,3H2,1-2H3/b10-9+. The van der Waals surface area contributed by atoms with Gasteiger partial charge in [0.1, 0.15) is 5.38 Å². The molecule has 0 spiro atoms. The predicted molar refractivity (Wildman–Crippen MR) is 70.3 cm³/mol. The second kappa shape index (κ2) is 7.13. The number of hydrogen-bond acceptors (Lipinski definition) is 2. The van der Waals surface area contributed by atoms with Crippen molar-refractivity contribution >= 4 is 17.6 Å². The van der Waals surface area contributed by atoms with Crippen LogP contribution in [-0.4, -0.2) is 18.0 Å². The molecule has 92 valence electrons. The molecule has 3 heteroatoms. The van der Waals surface area contributed by atoms with E-state index in [9.17, 15) is 4.79 Å². The Morgan fingerprint density at radius 2 is 2.00 bits per heavy atom. The molecule has 0 bridgehead atoms. The average molecular weight is 253 g/mol. The number of carbonyl (C=O) groups excluding carboxylic acids is 1. The van der Waals surface area contributed by atoms with Crippen molar-refractivity contribution in [3.63, 3.8) is 0 Å². The van der Waals surface area contributed by atoms with Gasteiger partial charge >= 0.3 is 5.97 Å². The van der Waals surface area contributed by atoms with Crippen LogP contribution >= 0.6 is 11.6 Å². The van der Waals surface area contributed by atoms with E-state index in [2.05, 4.69) is 6.92 Å². The number of rotatable bonds is 5. The molecule has 0 saturated heterocycles. The molecule has 0 aromatic heterocycles. The van der Waals surface area contributed by atoms with Crippen LogP contribution in [0.2, 0.25) is 0 Å². The molecular weight excluding hydrogens is 236 g/mol. The molecular formula is C14H17ClO2. The predicted octanol–water partition coefficient (Wildman–Crippen LogP) is 3.52. The Kier molecular flexibility index (Phi) is 5.78. The lowest BCUT2D eigenvalue weighted by Crippen LogP contribution is -2.15. The van der Waals surface area contributed by atoms with Crippen LogP contribution in [0, 0.1) is 0 Å². The number of halogens is 1. The largest absolute Gasteiger partial charge is 0.465 e. The summed E-state index contributed by atoms with van der Waals surface area (Å²) in [5.41, 5.74) is 1.19. The maximum absolute atomic E-state index is 11.3. The molecule has 0 aliphatic carbocycles. The van der Waals surface area contributed by atoms with Gasteiger partial charge in [0.2, 0.25) is 0 Å². The van der Waals surface area contributed by atoms with E-state index >= 15 is 0 Å². The normalized spacial score (nSPS) is 14.5. The minimum absolute atomic E-state index is 0.229. The van der Waals surface area contributed by atoms with Crippen molar-refractivity contribution < 1.29 is 9.53 Å². The molecule has 2 unspecified atom stereocenters. The smallest absolute Gasteiger partial charge is 0.327 e. The quantitative estimate of drug-likeness (QED) is 0.455. The molecule has 1 rings (SSSR count). The molecule has 1 aromatic rings. The van der Waals surface area contributed by atoms with Crippen molar-refractivity contribution in [1.29, 1.82) is 0 Å². The zero-order valence-corrected chi connectivity index (χ0v) is 10.9. The zero-order valence-electron chi connectivity index (χ0n) is 10.1. The van der Waals surface area contributed by atoms with Crippen LogP contribution in [0.25, 0.3) is 0 Å². The van der Waals surface area contributed by atoms with Gasteiger partial charge in [-0.25, -0.2) is 0 Å². The van der Waals surface area contributed by atoms with Crippen molar-refractivity contribution in [2.45, 2.75) is 25.1 Å². The van der Waals surface area contributed by atoms with Crippen LogP contribution in [-0.2, 0) is 9.53 Å². The molecule has 0 fully saturated rings. The first kappa shape index (κ1) is 13.8. The third-order valence-electron chi connectivity index (χ3n) is 2.41. The summed E-state index contributed by atoms with van der Waals surface area (Å²) in [6.07, 6.45) is 3.60. The van der Waals surface area contributed by atoms with E-state index in [-0.39, 0.29) is 5.92 Å². The minimum atomic E-state index is -0.707. The van der Waals surface area contributed by atoms with Crippen molar-refractivity contribution in [2.75, 3.05) is 6.61 Å². The molecule has 0 amide bonds. The van der Waals surface area contributed by atoms with Crippen LogP contribution in [0.1, 0.15) is 25.3 Å². The van der Waals surface area contributed by atoms with Gasteiger partial charge in [0, 0.05) is 0 Å². The minimum Gasteiger partial charge on any atom is -0.465 e. The third-order valence-corrected chi connectivity index (χ3v) is 2.73. The summed E-state index contributed by atoms with van der Waals surface area (Å²) in [4.78, 5) is 11.3. The van der Waals surface area contributed by atoms with Crippen LogP contribution in [0.3, 0.4) is 0 Å². The topological polar surface area (TPSA) is 26.3 Å². The van der Waals surface area contributed by atoms with Crippen molar-refractivity contribution in [3.05, 3.63) is 48.0 Å². The summed E-state index contributed by atoms with van der Waals surface area (Å²) in [5, 5.41) is -0.707. The van der Waals surface area contributed by atoms with Crippen LogP contribution in [0.15, 0.2) is 42.5 Å². The first-order valence-electron chi connectivity index (χ1n) is 5.69. The Bertz CT molecular complexity index is 373. The van der Waals surface area contributed by atoms with Crippen molar-refractivity contribution in [3.8, 4) is 0 Å². The number of carbonyl (C=O) groups is 1. The maximum Gasteiger partial charge on any atom is 0.327 e. The van der Waals surface area contributed by atoms with Gasteiger partial charge in [0.15, 0.2) is 0 Å². The van der Waals surface area contributed by atoms with Gasteiger partial charge in [0.25, 0.3) is 0 Å². The molecule has 0 aliphatic rings. The van der Waals surface area contributed by atoms with Crippen molar-refractivity contribution in [1.82, 2.24) is 0 Å². The number of alkyl halides is 1. The Balaban J connectivity index is 2.56. The fourth-order valence-electron chi connectivity index (χ4n) is 1.43. The average Bonchev–Trinajstić information content (AvgIpc) is 2.36. The molecule has 0 heterocycles. The Morgan fingerprint density at radius 3 is 2.59 bits per heavy atom. The molecule has 1 aromatic carbocycles. The zero-order chi connectivity index (χ0) is 12.7. The fraction of sp³-hybridized carbons (Fsp3) is 0.357. The molecule has 0 aliphatic heterocycles. The number of hydrogen-bond donors (Lipinski definition) is 0. The number of allylic oxidation sites excluding steroid dienone is 1. The highest BCUT2D eigenvalue weighted by Gasteiger charge is 2.12. The van der Waals surface area contributed by atoms with E-state index in [1.807, 2.05) is 36.4 Å². The summed E-state index contributed by atoms with van der Waals surface area (Å²) >= 11 is 5.88. The van der Waals surface area contributed by atoms with Gasteiger partial charge in [-0.1, -0.05) is 49.4 Å². The monoisotopic (exact) mass is 252 g/mol. The first-order valence-corrected chi connectivity index (χ1v) is 6.12. The van der Waals surface area contributed by atoms with E-state index in [4.69, 9.17) is 16.3 Å². The van der Waals surface area contributed by atoms with Gasteiger partial charge in [0.05, 0.1) is 6.61 Å². The van der Waals surface area contributed by atoms with E-state index in [1.54, 1.807) is 13.0 Å². The van der Waals surface area contributed by atoms with E-state index in [0.29, 0.717) is 6.61 Å². The molecule has 17 heavy (non-hydrogen) atoms. The summed E-state index contributed by atoms with van der Waals surface area (Å²) in [5.74, 6) is -0.169. The highest BCUT2D eigenvalue weighted by Crippen LogP contribution is 2.16.